The SMILES string of the molecule is C=C1NC2=C(C(=O)CC(C)(C)C2)C(c2ccc(OC)c(OC)c2)C1C(=O)N1CCCCC1. The smallest absolute Gasteiger partial charge is 0.232 e. The van der Waals surface area contributed by atoms with Gasteiger partial charge in [-0.1, -0.05) is 26.5 Å². The number of carbonyl (C=O) groups is 2. The first-order valence-corrected chi connectivity index (χ1v) is 11.5. The van der Waals surface area contributed by atoms with Crippen molar-refractivity contribution in [3.05, 3.63) is 47.3 Å². The molecule has 32 heavy (non-hydrogen) atoms. The zero-order valence-corrected chi connectivity index (χ0v) is 19.6. The Morgan fingerprint density at radius 2 is 1.78 bits per heavy atom. The molecule has 1 N–H and O–H groups in total. The lowest BCUT2D eigenvalue weighted by molar-refractivity contribution is -0.136. The summed E-state index contributed by atoms with van der Waals surface area (Å²) in [5.74, 6) is 0.433. The summed E-state index contributed by atoms with van der Waals surface area (Å²) in [5.41, 5.74) is 3.04. The topological polar surface area (TPSA) is 67.9 Å². The van der Waals surface area contributed by atoms with E-state index in [1.165, 1.54) is 0 Å². The highest BCUT2D eigenvalue weighted by molar-refractivity contribution is 6.01. The Kier molecular flexibility index (Phi) is 6.06. The second kappa shape index (κ2) is 8.64. The molecule has 1 amide bonds. The number of hydrogen-bond donors (Lipinski definition) is 1. The summed E-state index contributed by atoms with van der Waals surface area (Å²) in [5, 5.41) is 3.39. The van der Waals surface area contributed by atoms with Crippen LogP contribution in [0.3, 0.4) is 0 Å². The maximum absolute atomic E-state index is 13.8. The van der Waals surface area contributed by atoms with Crippen LogP contribution in [-0.2, 0) is 9.59 Å². The third kappa shape index (κ3) is 4.03. The van der Waals surface area contributed by atoms with Crippen molar-refractivity contribution >= 4 is 11.7 Å². The molecule has 2 atom stereocenters. The van der Waals surface area contributed by atoms with Gasteiger partial charge in [0.15, 0.2) is 17.3 Å². The van der Waals surface area contributed by atoms with Crippen molar-refractivity contribution in [1.82, 2.24) is 10.2 Å². The number of piperidine rings is 1. The van der Waals surface area contributed by atoms with E-state index >= 15 is 0 Å². The third-order valence-electron chi connectivity index (χ3n) is 6.95. The van der Waals surface area contributed by atoms with E-state index in [1.54, 1.807) is 14.2 Å². The van der Waals surface area contributed by atoms with Crippen LogP contribution in [0.4, 0.5) is 0 Å². The van der Waals surface area contributed by atoms with Gasteiger partial charge in [0, 0.05) is 42.4 Å². The van der Waals surface area contributed by atoms with Gasteiger partial charge in [0.1, 0.15) is 0 Å². The number of allylic oxidation sites excluding steroid dienone is 2. The second-order valence-electron chi connectivity index (χ2n) is 9.94. The zero-order valence-electron chi connectivity index (χ0n) is 19.6. The maximum atomic E-state index is 13.8. The molecule has 0 radical (unpaired) electrons. The summed E-state index contributed by atoms with van der Waals surface area (Å²) < 4.78 is 11.0. The first-order chi connectivity index (χ1) is 15.3. The Labute approximate surface area is 190 Å². The quantitative estimate of drug-likeness (QED) is 0.764. The minimum Gasteiger partial charge on any atom is -0.493 e. The van der Waals surface area contributed by atoms with E-state index in [0.717, 1.165) is 55.6 Å². The van der Waals surface area contributed by atoms with E-state index in [1.807, 2.05) is 23.1 Å². The van der Waals surface area contributed by atoms with Gasteiger partial charge in [-0.15, -0.1) is 0 Å². The standard InChI is InChI=1S/C26H34N2O4/c1-16-22(25(30)28-11-7-6-8-12-28)23(17-9-10-20(31-4)21(13-17)32-5)24-18(27-16)14-26(2,3)15-19(24)29/h9-10,13,22-23,27H,1,6-8,11-12,14-15H2,2-5H3. The Morgan fingerprint density at radius 1 is 1.09 bits per heavy atom. The Balaban J connectivity index is 1.84. The van der Waals surface area contributed by atoms with Crippen LogP contribution in [0.5, 0.6) is 11.5 Å². The number of carbonyl (C=O) groups excluding carboxylic acids is 2. The average Bonchev–Trinajstić information content (AvgIpc) is 2.77. The van der Waals surface area contributed by atoms with Gasteiger partial charge in [-0.2, -0.15) is 0 Å². The zero-order chi connectivity index (χ0) is 23.0. The van der Waals surface area contributed by atoms with Crippen LogP contribution in [-0.4, -0.2) is 43.9 Å². The number of ether oxygens (including phenoxy) is 2. The molecule has 1 aliphatic carbocycles. The summed E-state index contributed by atoms with van der Waals surface area (Å²) in [6.45, 7) is 10.00. The van der Waals surface area contributed by atoms with Crippen molar-refractivity contribution in [3.63, 3.8) is 0 Å². The molecule has 0 saturated carbocycles. The van der Waals surface area contributed by atoms with E-state index in [9.17, 15) is 9.59 Å². The van der Waals surface area contributed by atoms with Gasteiger partial charge in [0.25, 0.3) is 0 Å². The normalized spacial score (nSPS) is 25.2. The van der Waals surface area contributed by atoms with Gasteiger partial charge in [0.2, 0.25) is 5.91 Å². The molecule has 0 aromatic heterocycles. The molecule has 6 heteroatoms. The molecule has 2 aliphatic heterocycles. The van der Waals surface area contributed by atoms with Crippen molar-refractivity contribution in [2.24, 2.45) is 11.3 Å². The van der Waals surface area contributed by atoms with Gasteiger partial charge in [-0.05, 0) is 48.8 Å². The highest BCUT2D eigenvalue weighted by atomic mass is 16.5. The third-order valence-corrected chi connectivity index (χ3v) is 6.95. The number of ketones is 1. The van der Waals surface area contributed by atoms with E-state index in [-0.39, 0.29) is 17.1 Å². The van der Waals surface area contributed by atoms with Crippen LogP contribution < -0.4 is 14.8 Å². The van der Waals surface area contributed by atoms with Crippen molar-refractivity contribution in [2.75, 3.05) is 27.3 Å². The highest BCUT2D eigenvalue weighted by Gasteiger charge is 2.47. The van der Waals surface area contributed by atoms with Crippen molar-refractivity contribution in [3.8, 4) is 11.5 Å². The van der Waals surface area contributed by atoms with E-state index in [2.05, 4.69) is 25.7 Å². The van der Waals surface area contributed by atoms with Crippen molar-refractivity contribution in [1.29, 1.82) is 0 Å². The van der Waals surface area contributed by atoms with E-state index in [0.29, 0.717) is 23.6 Å². The number of hydrogen-bond acceptors (Lipinski definition) is 5. The predicted molar refractivity (Wildman–Crippen MR) is 124 cm³/mol. The summed E-state index contributed by atoms with van der Waals surface area (Å²) in [4.78, 5) is 29.2. The molecule has 1 aromatic carbocycles. The monoisotopic (exact) mass is 438 g/mol. The first-order valence-electron chi connectivity index (χ1n) is 11.5. The molecular formula is C26H34N2O4. The molecular weight excluding hydrogens is 404 g/mol. The van der Waals surface area contributed by atoms with Crippen molar-refractivity contribution in [2.45, 2.75) is 51.9 Å². The van der Waals surface area contributed by atoms with Crippen molar-refractivity contribution < 1.29 is 19.1 Å². The minimum atomic E-state index is -0.532. The Bertz CT molecular complexity index is 972. The molecule has 3 aliphatic rings. The number of Topliss-reactive ketones (excluding diaryl/α,β-unsaturated/α-hetero) is 1. The second-order valence-corrected chi connectivity index (χ2v) is 9.94. The molecule has 172 valence electrons. The molecule has 1 fully saturated rings. The van der Waals surface area contributed by atoms with E-state index < -0.39 is 11.8 Å². The number of rotatable bonds is 4. The van der Waals surface area contributed by atoms with Crippen LogP contribution in [0.1, 0.15) is 57.4 Å². The fourth-order valence-corrected chi connectivity index (χ4v) is 5.45. The lowest BCUT2D eigenvalue weighted by atomic mass is 9.66. The van der Waals surface area contributed by atoms with Gasteiger partial charge < -0.3 is 19.7 Å². The predicted octanol–water partition coefficient (Wildman–Crippen LogP) is 4.18. The Hall–Kier alpha value is -2.76. The Morgan fingerprint density at radius 3 is 2.44 bits per heavy atom. The fourth-order valence-electron chi connectivity index (χ4n) is 5.45. The molecule has 6 nitrogen and oxygen atoms in total. The summed E-state index contributed by atoms with van der Waals surface area (Å²) in [7, 11) is 3.19. The maximum Gasteiger partial charge on any atom is 0.232 e. The summed E-state index contributed by atoms with van der Waals surface area (Å²) in [6.07, 6.45) is 4.40. The number of benzene rings is 1. The van der Waals surface area contributed by atoms with Crippen LogP contribution in [0.25, 0.3) is 0 Å². The van der Waals surface area contributed by atoms with Gasteiger partial charge >= 0.3 is 0 Å². The summed E-state index contributed by atoms with van der Waals surface area (Å²) in [6, 6.07) is 5.69. The molecule has 2 unspecified atom stereocenters. The first kappa shape index (κ1) is 22.4. The lowest BCUT2D eigenvalue weighted by Crippen LogP contribution is -2.48. The number of nitrogens with zero attached hydrogens (tertiary/aromatic N) is 1. The lowest BCUT2D eigenvalue weighted by Gasteiger charge is -2.44. The molecule has 1 aromatic rings. The molecule has 4 rings (SSSR count). The molecule has 1 saturated heterocycles. The van der Waals surface area contributed by atoms with Gasteiger partial charge in [0.05, 0.1) is 20.1 Å². The van der Waals surface area contributed by atoms with Crippen LogP contribution >= 0.6 is 0 Å². The van der Waals surface area contributed by atoms with Crippen LogP contribution in [0, 0.1) is 11.3 Å². The molecule has 2 heterocycles. The van der Waals surface area contributed by atoms with Gasteiger partial charge in [-0.25, -0.2) is 0 Å². The number of methoxy groups -OCH3 is 2. The number of likely N-dealkylation sites (tertiary alicyclic amines) is 1. The van der Waals surface area contributed by atoms with E-state index in [4.69, 9.17) is 9.47 Å². The average molecular weight is 439 g/mol. The van der Waals surface area contributed by atoms with Crippen LogP contribution in [0.2, 0.25) is 0 Å². The molecule has 0 spiro atoms. The number of amides is 1. The largest absolute Gasteiger partial charge is 0.493 e. The number of nitrogens with one attached hydrogen (secondary N) is 1. The van der Waals surface area contributed by atoms with Crippen LogP contribution in [0.15, 0.2) is 41.7 Å². The molecule has 0 bridgehead atoms. The minimum absolute atomic E-state index is 0.0474. The highest BCUT2D eigenvalue weighted by Crippen LogP contribution is 2.49. The fraction of sp³-hybridized carbons (Fsp3) is 0.538. The summed E-state index contributed by atoms with van der Waals surface area (Å²) >= 11 is 0. The van der Waals surface area contributed by atoms with Gasteiger partial charge in [-0.3, -0.25) is 9.59 Å².